The summed E-state index contributed by atoms with van der Waals surface area (Å²) in [7, 11) is 4.03. The van der Waals surface area contributed by atoms with Crippen molar-refractivity contribution in [3.63, 3.8) is 0 Å². The number of carbonyl (C=O) groups is 2. The number of halogens is 2. The number of nitrogens with zero attached hydrogens (tertiary/aromatic N) is 3. The van der Waals surface area contributed by atoms with E-state index in [0.717, 1.165) is 17.5 Å². The van der Waals surface area contributed by atoms with Crippen molar-refractivity contribution in [2.45, 2.75) is 25.4 Å². The molecule has 4 rings (SSSR count). The maximum Gasteiger partial charge on any atom is 0.255 e. The molecular formula is C23H25Cl2N5O2. The van der Waals surface area contributed by atoms with Crippen LogP contribution >= 0.6 is 23.2 Å². The number of rotatable bonds is 5. The van der Waals surface area contributed by atoms with Crippen LogP contribution in [0.25, 0.3) is 11.0 Å². The molecule has 1 aromatic heterocycles. The van der Waals surface area contributed by atoms with Crippen molar-refractivity contribution < 1.29 is 9.59 Å². The van der Waals surface area contributed by atoms with Crippen molar-refractivity contribution in [2.75, 3.05) is 27.2 Å². The van der Waals surface area contributed by atoms with E-state index in [0.29, 0.717) is 41.1 Å². The Balaban J connectivity index is 1.45. The molecule has 1 aliphatic heterocycles. The van der Waals surface area contributed by atoms with Gasteiger partial charge in [-0.2, -0.15) is 0 Å². The van der Waals surface area contributed by atoms with Gasteiger partial charge in [-0.15, -0.1) is 0 Å². The van der Waals surface area contributed by atoms with E-state index >= 15 is 0 Å². The summed E-state index contributed by atoms with van der Waals surface area (Å²) < 4.78 is 0. The maximum absolute atomic E-state index is 12.9. The van der Waals surface area contributed by atoms with E-state index in [1.54, 1.807) is 24.3 Å². The third-order valence-electron chi connectivity index (χ3n) is 5.86. The molecule has 3 aromatic rings. The molecule has 7 nitrogen and oxygen atoms in total. The Kier molecular flexibility index (Phi) is 6.42. The minimum absolute atomic E-state index is 0.111. The second-order valence-corrected chi connectivity index (χ2v) is 9.17. The van der Waals surface area contributed by atoms with Crippen LogP contribution in [0, 0.1) is 0 Å². The summed E-state index contributed by atoms with van der Waals surface area (Å²) in [6.07, 6.45) is 0.933. The molecule has 2 N–H and O–H groups in total. The highest BCUT2D eigenvalue weighted by atomic mass is 35.5. The number of imidazole rings is 1. The summed E-state index contributed by atoms with van der Waals surface area (Å²) in [5.41, 5.74) is 2.36. The quantitative estimate of drug-likeness (QED) is 0.583. The molecule has 2 unspecified atom stereocenters. The molecule has 2 aromatic carbocycles. The minimum Gasteiger partial charge on any atom is -0.342 e. The van der Waals surface area contributed by atoms with Crippen LogP contribution in [0.3, 0.4) is 0 Å². The summed E-state index contributed by atoms with van der Waals surface area (Å²) >= 11 is 12.4. The summed E-state index contributed by atoms with van der Waals surface area (Å²) in [6.45, 7) is 3.20. The van der Waals surface area contributed by atoms with Gasteiger partial charge >= 0.3 is 0 Å². The van der Waals surface area contributed by atoms with Gasteiger partial charge in [0.05, 0.1) is 27.7 Å². The number of amides is 2. The van der Waals surface area contributed by atoms with Crippen LogP contribution < -0.4 is 5.32 Å². The molecule has 0 bridgehead atoms. The second kappa shape index (κ2) is 9.10. The van der Waals surface area contributed by atoms with Crippen molar-refractivity contribution in [1.82, 2.24) is 25.1 Å². The lowest BCUT2D eigenvalue weighted by Crippen LogP contribution is -2.34. The highest BCUT2D eigenvalue weighted by molar-refractivity contribution is 6.34. The van der Waals surface area contributed by atoms with Gasteiger partial charge < -0.3 is 20.1 Å². The third-order valence-corrected chi connectivity index (χ3v) is 6.41. The molecule has 168 valence electrons. The number of benzene rings is 2. The van der Waals surface area contributed by atoms with Gasteiger partial charge in [-0.05, 0) is 63.8 Å². The number of fused-ring (bicyclic) bond motifs is 1. The average molecular weight is 474 g/mol. The number of carbonyl (C=O) groups excluding carboxylic acids is 2. The van der Waals surface area contributed by atoms with E-state index in [9.17, 15) is 9.59 Å². The topological polar surface area (TPSA) is 81.3 Å². The number of likely N-dealkylation sites (N-methyl/N-ethyl adjacent to an activating group) is 1. The fraction of sp³-hybridized carbons (Fsp3) is 0.348. The van der Waals surface area contributed by atoms with Gasteiger partial charge in [0.1, 0.15) is 5.82 Å². The van der Waals surface area contributed by atoms with Crippen LogP contribution in [0.4, 0.5) is 0 Å². The van der Waals surface area contributed by atoms with Crippen LogP contribution in [0.2, 0.25) is 10.0 Å². The first-order valence-corrected chi connectivity index (χ1v) is 11.2. The lowest BCUT2D eigenvalue weighted by Gasteiger charge is -2.21. The number of hydrogen-bond acceptors (Lipinski definition) is 4. The van der Waals surface area contributed by atoms with Gasteiger partial charge in [0.15, 0.2) is 0 Å². The van der Waals surface area contributed by atoms with Crippen molar-refractivity contribution in [1.29, 1.82) is 0 Å². The van der Waals surface area contributed by atoms with Crippen LogP contribution in [0.1, 0.15) is 45.9 Å². The van der Waals surface area contributed by atoms with E-state index in [2.05, 4.69) is 20.2 Å². The number of likely N-dealkylation sites (tertiary alicyclic amines) is 1. The molecule has 1 aliphatic rings. The molecule has 32 heavy (non-hydrogen) atoms. The number of H-pyrrole nitrogens is 1. The molecular weight excluding hydrogens is 449 g/mol. The molecule has 9 heteroatoms. The number of nitrogens with one attached hydrogen (secondary N) is 2. The zero-order chi connectivity index (χ0) is 23.0. The predicted octanol–water partition coefficient (Wildman–Crippen LogP) is 4.14. The SMILES string of the molecule is CC(NC(=O)c1ccc(C(=O)N2CCC(N(C)C)C2)c(Cl)c1)c1nc2ccc(Cl)cc2[nH]1. The Bertz CT molecular complexity index is 1180. The van der Waals surface area contributed by atoms with Gasteiger partial charge in [-0.25, -0.2) is 4.98 Å². The summed E-state index contributed by atoms with van der Waals surface area (Å²) in [6, 6.07) is 10.1. The maximum atomic E-state index is 12.9. The zero-order valence-electron chi connectivity index (χ0n) is 18.2. The Labute approximate surface area is 196 Å². The van der Waals surface area contributed by atoms with Gasteiger partial charge in [-0.1, -0.05) is 23.2 Å². The molecule has 2 atom stereocenters. The minimum atomic E-state index is -0.360. The number of aromatic amines is 1. The molecule has 0 aliphatic carbocycles. The zero-order valence-corrected chi connectivity index (χ0v) is 19.7. The fourth-order valence-corrected chi connectivity index (χ4v) is 4.34. The summed E-state index contributed by atoms with van der Waals surface area (Å²) in [4.78, 5) is 37.3. The molecule has 2 amide bonds. The molecule has 1 saturated heterocycles. The van der Waals surface area contributed by atoms with E-state index < -0.39 is 0 Å². The van der Waals surface area contributed by atoms with Crippen LogP contribution in [0.15, 0.2) is 36.4 Å². The van der Waals surface area contributed by atoms with Gasteiger partial charge in [0, 0.05) is 29.7 Å². The van der Waals surface area contributed by atoms with E-state index in [4.69, 9.17) is 23.2 Å². The van der Waals surface area contributed by atoms with Crippen LogP contribution in [-0.2, 0) is 0 Å². The van der Waals surface area contributed by atoms with Crippen molar-refractivity contribution in [3.05, 3.63) is 63.4 Å². The van der Waals surface area contributed by atoms with Crippen LogP contribution in [0.5, 0.6) is 0 Å². The fourth-order valence-electron chi connectivity index (χ4n) is 3.90. The van der Waals surface area contributed by atoms with Crippen molar-refractivity contribution in [3.8, 4) is 0 Å². The highest BCUT2D eigenvalue weighted by Gasteiger charge is 2.29. The first kappa shape index (κ1) is 22.6. The number of hydrogen-bond donors (Lipinski definition) is 2. The molecule has 0 radical (unpaired) electrons. The van der Waals surface area contributed by atoms with E-state index in [1.807, 2.05) is 32.0 Å². The van der Waals surface area contributed by atoms with Gasteiger partial charge in [0.2, 0.25) is 0 Å². The normalized spacial score (nSPS) is 17.2. The van der Waals surface area contributed by atoms with E-state index in [-0.39, 0.29) is 22.9 Å². The average Bonchev–Trinajstić information content (AvgIpc) is 3.40. The first-order valence-electron chi connectivity index (χ1n) is 10.4. The highest BCUT2D eigenvalue weighted by Crippen LogP contribution is 2.24. The largest absolute Gasteiger partial charge is 0.342 e. The van der Waals surface area contributed by atoms with E-state index in [1.165, 1.54) is 6.07 Å². The van der Waals surface area contributed by atoms with Crippen molar-refractivity contribution in [2.24, 2.45) is 0 Å². The third kappa shape index (κ3) is 4.60. The lowest BCUT2D eigenvalue weighted by atomic mass is 10.1. The monoisotopic (exact) mass is 473 g/mol. The Morgan fingerprint density at radius 2 is 2.00 bits per heavy atom. The summed E-state index contributed by atoms with van der Waals surface area (Å²) in [5.74, 6) is 0.212. The van der Waals surface area contributed by atoms with Crippen LogP contribution in [-0.4, -0.2) is 64.8 Å². The Morgan fingerprint density at radius 3 is 2.69 bits per heavy atom. The predicted molar refractivity (Wildman–Crippen MR) is 126 cm³/mol. The lowest BCUT2D eigenvalue weighted by molar-refractivity contribution is 0.0782. The summed E-state index contributed by atoms with van der Waals surface area (Å²) in [5, 5.41) is 3.79. The molecule has 2 heterocycles. The molecule has 1 fully saturated rings. The number of aromatic nitrogens is 2. The van der Waals surface area contributed by atoms with Crippen molar-refractivity contribution >= 4 is 46.0 Å². The van der Waals surface area contributed by atoms with Gasteiger partial charge in [-0.3, -0.25) is 9.59 Å². The smallest absolute Gasteiger partial charge is 0.255 e. The van der Waals surface area contributed by atoms with Gasteiger partial charge in [0.25, 0.3) is 11.8 Å². The Hall–Kier alpha value is -2.61. The first-order chi connectivity index (χ1) is 15.2. The molecule has 0 spiro atoms. The standard InChI is InChI=1S/C23H25Cl2N5O2/c1-13(21-27-19-7-5-15(24)11-20(19)28-21)26-22(31)14-4-6-17(18(25)10-14)23(32)30-9-8-16(12-30)29(2)3/h4-7,10-11,13,16H,8-9,12H2,1-3H3,(H,26,31)(H,27,28). The Morgan fingerprint density at radius 1 is 1.22 bits per heavy atom. The molecule has 0 saturated carbocycles. The second-order valence-electron chi connectivity index (χ2n) is 8.33.